The lowest BCUT2D eigenvalue weighted by molar-refractivity contribution is 0.00578. The fraction of sp³-hybridized carbons (Fsp3) is 0.206. The molecule has 0 unspecified atom stereocenters. The number of rotatable bonds is 3. The summed E-state index contributed by atoms with van der Waals surface area (Å²) in [6, 6.07) is 29.8. The van der Waals surface area contributed by atoms with Crippen LogP contribution in [0.15, 0.2) is 97.3 Å². The number of benzene rings is 3. The molecule has 0 saturated carbocycles. The fourth-order valence-corrected chi connectivity index (χ4v) is 5.76. The molecule has 0 spiro atoms. The molecule has 7 rings (SSSR count). The Kier molecular flexibility index (Phi) is 5.28. The first-order valence-electron chi connectivity index (χ1n) is 13.6. The molecule has 0 radical (unpaired) electrons. The summed E-state index contributed by atoms with van der Waals surface area (Å²) in [6.45, 7) is 10.6. The molecule has 0 amide bonds. The summed E-state index contributed by atoms with van der Waals surface area (Å²) in [5.41, 5.74) is 8.32. The van der Waals surface area contributed by atoms with Crippen molar-refractivity contribution < 1.29 is 9.31 Å². The summed E-state index contributed by atoms with van der Waals surface area (Å²) < 4.78 is 14.8. The molecular formula is C34H31BN2O2. The molecule has 0 aliphatic carbocycles. The van der Waals surface area contributed by atoms with Crippen LogP contribution in [0.3, 0.4) is 0 Å². The second-order valence-electron chi connectivity index (χ2n) is 11.6. The van der Waals surface area contributed by atoms with Crippen molar-refractivity contribution in [1.29, 1.82) is 0 Å². The van der Waals surface area contributed by atoms with E-state index in [4.69, 9.17) is 14.3 Å². The number of aromatic nitrogens is 2. The number of hydrogen-bond donors (Lipinski definition) is 0. The normalized spacial score (nSPS) is 16.5. The highest BCUT2D eigenvalue weighted by atomic mass is 16.7. The SMILES string of the molecule is Cc1c(-c2ccc(B3OC(C)(C)C(C)(C)O3)cc2)cn2ccc3c(-c4ccccc4)nc4ccccc4c3c12. The number of pyridine rings is 2. The highest BCUT2D eigenvalue weighted by Gasteiger charge is 2.51. The third kappa shape index (κ3) is 3.72. The summed E-state index contributed by atoms with van der Waals surface area (Å²) in [6.07, 6.45) is 4.40. The highest BCUT2D eigenvalue weighted by molar-refractivity contribution is 6.62. The molecule has 0 N–H and O–H groups in total. The Balaban J connectivity index is 1.39. The van der Waals surface area contributed by atoms with Crippen molar-refractivity contribution in [1.82, 2.24) is 9.38 Å². The van der Waals surface area contributed by atoms with Gasteiger partial charge in [-0.15, -0.1) is 0 Å². The maximum atomic E-state index is 6.27. The van der Waals surface area contributed by atoms with Gasteiger partial charge in [-0.25, -0.2) is 4.98 Å². The molecule has 3 aromatic heterocycles. The van der Waals surface area contributed by atoms with Crippen LogP contribution in [0.25, 0.3) is 49.6 Å². The average Bonchev–Trinajstić information content (AvgIpc) is 3.39. The molecule has 1 aliphatic heterocycles. The number of para-hydroxylation sites is 1. The Morgan fingerprint density at radius 3 is 2.10 bits per heavy atom. The van der Waals surface area contributed by atoms with Gasteiger partial charge < -0.3 is 13.7 Å². The van der Waals surface area contributed by atoms with E-state index in [1.807, 2.05) is 6.07 Å². The molecule has 3 aromatic carbocycles. The lowest BCUT2D eigenvalue weighted by Gasteiger charge is -2.32. The molecule has 1 fully saturated rings. The molecule has 39 heavy (non-hydrogen) atoms. The molecule has 4 nitrogen and oxygen atoms in total. The third-order valence-corrected chi connectivity index (χ3v) is 8.65. The van der Waals surface area contributed by atoms with E-state index < -0.39 is 0 Å². The number of hydrogen-bond acceptors (Lipinski definition) is 3. The van der Waals surface area contributed by atoms with E-state index in [0.717, 1.165) is 27.6 Å². The standard InChI is InChI=1S/C34H31BN2O2/c1-22-28(23-15-17-25(18-16-23)35-38-33(2,3)34(4,5)39-35)21-37-20-19-27-30(32(22)37)26-13-9-10-14-29(26)36-31(27)24-11-7-6-8-12-24/h6-21H,1-5H3. The molecule has 5 heteroatoms. The van der Waals surface area contributed by atoms with E-state index in [2.05, 4.69) is 130 Å². The van der Waals surface area contributed by atoms with Crippen LogP contribution in [0.1, 0.15) is 33.3 Å². The molecule has 1 saturated heterocycles. The van der Waals surface area contributed by atoms with Crippen molar-refractivity contribution in [3.05, 3.63) is 103 Å². The first kappa shape index (κ1) is 24.1. The maximum absolute atomic E-state index is 6.27. The molecule has 0 atom stereocenters. The van der Waals surface area contributed by atoms with Crippen molar-refractivity contribution in [2.45, 2.75) is 45.8 Å². The van der Waals surface area contributed by atoms with Crippen molar-refractivity contribution in [3.63, 3.8) is 0 Å². The Morgan fingerprint density at radius 1 is 0.718 bits per heavy atom. The minimum Gasteiger partial charge on any atom is -0.399 e. The highest BCUT2D eigenvalue weighted by Crippen LogP contribution is 2.39. The smallest absolute Gasteiger partial charge is 0.399 e. The van der Waals surface area contributed by atoms with E-state index >= 15 is 0 Å². The van der Waals surface area contributed by atoms with Gasteiger partial charge in [0.15, 0.2) is 0 Å². The van der Waals surface area contributed by atoms with Gasteiger partial charge in [-0.1, -0.05) is 72.8 Å². The lowest BCUT2D eigenvalue weighted by atomic mass is 9.78. The first-order valence-corrected chi connectivity index (χ1v) is 13.6. The zero-order chi connectivity index (χ0) is 26.9. The number of nitrogens with zero attached hydrogens (tertiary/aromatic N) is 2. The predicted molar refractivity (Wildman–Crippen MR) is 162 cm³/mol. The molecule has 6 aromatic rings. The van der Waals surface area contributed by atoms with Gasteiger partial charge in [-0.05, 0) is 63.3 Å². The topological polar surface area (TPSA) is 35.8 Å². The Bertz CT molecular complexity index is 1860. The van der Waals surface area contributed by atoms with Crippen LogP contribution < -0.4 is 5.46 Å². The van der Waals surface area contributed by atoms with Crippen molar-refractivity contribution in [2.24, 2.45) is 0 Å². The zero-order valence-corrected chi connectivity index (χ0v) is 23.0. The minimum absolute atomic E-state index is 0.357. The van der Waals surface area contributed by atoms with Gasteiger partial charge >= 0.3 is 7.12 Å². The Labute approximate surface area is 229 Å². The van der Waals surface area contributed by atoms with Gasteiger partial charge in [0.05, 0.1) is 27.9 Å². The van der Waals surface area contributed by atoms with Gasteiger partial charge in [0.1, 0.15) is 0 Å². The molecular weight excluding hydrogens is 479 g/mol. The summed E-state index contributed by atoms with van der Waals surface area (Å²) in [4.78, 5) is 5.11. The summed E-state index contributed by atoms with van der Waals surface area (Å²) in [5.74, 6) is 0. The van der Waals surface area contributed by atoms with Crippen molar-refractivity contribution in [2.75, 3.05) is 0 Å². The van der Waals surface area contributed by atoms with E-state index in [-0.39, 0.29) is 18.3 Å². The molecule has 1 aliphatic rings. The van der Waals surface area contributed by atoms with Crippen LogP contribution in [-0.4, -0.2) is 27.7 Å². The number of aryl methyl sites for hydroxylation is 1. The fourth-order valence-electron chi connectivity index (χ4n) is 5.76. The summed E-state index contributed by atoms with van der Waals surface area (Å²) in [7, 11) is -0.363. The van der Waals surface area contributed by atoms with E-state index in [1.54, 1.807) is 0 Å². The predicted octanol–water partition coefficient (Wildman–Crippen LogP) is 7.58. The van der Waals surface area contributed by atoms with E-state index in [0.29, 0.717) is 0 Å². The minimum atomic E-state index is -0.363. The number of fused-ring (bicyclic) bond motifs is 5. The molecule has 192 valence electrons. The van der Waals surface area contributed by atoms with E-state index in [1.165, 1.54) is 33.0 Å². The second kappa shape index (κ2) is 8.54. The second-order valence-corrected chi connectivity index (χ2v) is 11.6. The monoisotopic (exact) mass is 510 g/mol. The third-order valence-electron chi connectivity index (χ3n) is 8.65. The average molecular weight is 510 g/mol. The van der Waals surface area contributed by atoms with Crippen LogP contribution in [-0.2, 0) is 9.31 Å². The molecule has 0 bridgehead atoms. The largest absolute Gasteiger partial charge is 0.494 e. The first-order chi connectivity index (χ1) is 18.7. The van der Waals surface area contributed by atoms with Crippen molar-refractivity contribution >= 4 is 39.8 Å². The van der Waals surface area contributed by atoms with Gasteiger partial charge in [0.2, 0.25) is 0 Å². The van der Waals surface area contributed by atoms with E-state index in [9.17, 15) is 0 Å². The van der Waals surface area contributed by atoms with Gasteiger partial charge in [-0.2, -0.15) is 0 Å². The van der Waals surface area contributed by atoms with Gasteiger partial charge in [0, 0.05) is 39.7 Å². The molecule has 4 heterocycles. The Hall–Kier alpha value is -3.93. The lowest BCUT2D eigenvalue weighted by Crippen LogP contribution is -2.41. The van der Waals surface area contributed by atoms with Crippen LogP contribution in [0.4, 0.5) is 0 Å². The summed E-state index contributed by atoms with van der Waals surface area (Å²) in [5, 5.41) is 3.57. The maximum Gasteiger partial charge on any atom is 0.494 e. The van der Waals surface area contributed by atoms with Crippen LogP contribution >= 0.6 is 0 Å². The Morgan fingerprint density at radius 2 is 1.38 bits per heavy atom. The van der Waals surface area contributed by atoms with Crippen LogP contribution in [0.5, 0.6) is 0 Å². The zero-order valence-electron chi connectivity index (χ0n) is 23.0. The van der Waals surface area contributed by atoms with Crippen LogP contribution in [0, 0.1) is 6.92 Å². The van der Waals surface area contributed by atoms with Gasteiger partial charge in [-0.3, -0.25) is 0 Å². The van der Waals surface area contributed by atoms with Crippen molar-refractivity contribution in [3.8, 4) is 22.4 Å². The van der Waals surface area contributed by atoms with Crippen LogP contribution in [0.2, 0.25) is 0 Å². The van der Waals surface area contributed by atoms with Gasteiger partial charge in [0.25, 0.3) is 0 Å². The summed E-state index contributed by atoms with van der Waals surface area (Å²) >= 11 is 0. The quantitative estimate of drug-likeness (QED) is 0.182.